The number of piperazine rings is 1. The van der Waals surface area contributed by atoms with Crippen molar-refractivity contribution in [2.75, 3.05) is 24.5 Å². The Hall–Kier alpha value is -4.18. The summed E-state index contributed by atoms with van der Waals surface area (Å²) in [5.74, 6) is 0.763. The molecule has 9 nitrogen and oxygen atoms in total. The minimum Gasteiger partial charge on any atom is -0.486 e. The standard InChI is InChI=1S/C30H27ClFN5O4/c1-4-22(38)35-9-10-36(16(3)12-35)28-19-11-21(31)24-23-18(6-5-15(2)25(23)32)13-40-27(24)26(19)37(30(39)33-28)29-20(14-41-34-29)17-7-8-17/h4-6,11,14,16-17H,1,7-10,12-13H2,2-3H3/t16-/m0/s1. The Labute approximate surface area is 239 Å². The first kappa shape index (κ1) is 25.8. The average Bonchev–Trinajstić information content (AvgIpc) is 3.70. The SMILES string of the molecule is C=CC(=O)N1CCN(c2nc(=O)n(-c3nocc3C3CC3)c3c4c(c(Cl)cc23)-c2c(ccc(C)c2F)CO4)[C@@H](C)C1. The van der Waals surface area contributed by atoms with Crippen LogP contribution in [-0.4, -0.2) is 51.2 Å². The molecule has 1 amide bonds. The van der Waals surface area contributed by atoms with Crippen molar-refractivity contribution in [2.45, 2.75) is 45.3 Å². The van der Waals surface area contributed by atoms with Gasteiger partial charge < -0.3 is 19.1 Å². The molecule has 0 spiro atoms. The van der Waals surface area contributed by atoms with E-state index in [9.17, 15) is 9.59 Å². The second-order valence-electron chi connectivity index (χ2n) is 10.9. The number of fused-ring (bicyclic) bond motifs is 5. The summed E-state index contributed by atoms with van der Waals surface area (Å²) in [6.45, 7) is 8.67. The molecule has 0 radical (unpaired) electrons. The third-order valence-electron chi connectivity index (χ3n) is 8.30. The maximum Gasteiger partial charge on any atom is 0.356 e. The van der Waals surface area contributed by atoms with Crippen LogP contribution in [0.3, 0.4) is 0 Å². The fraction of sp³-hybridized carbons (Fsp3) is 0.333. The van der Waals surface area contributed by atoms with Crippen LogP contribution < -0.4 is 15.3 Å². The number of aryl methyl sites for hydroxylation is 1. The van der Waals surface area contributed by atoms with Crippen molar-refractivity contribution in [3.8, 4) is 22.7 Å². The molecule has 2 aliphatic heterocycles. The maximum atomic E-state index is 15.7. The van der Waals surface area contributed by atoms with Gasteiger partial charge in [-0.05, 0) is 50.3 Å². The lowest BCUT2D eigenvalue weighted by atomic mass is 9.93. The zero-order valence-electron chi connectivity index (χ0n) is 22.6. The number of carbonyl (C=O) groups is 1. The molecule has 0 unspecified atom stereocenters. The van der Waals surface area contributed by atoms with Gasteiger partial charge in [-0.15, -0.1) is 0 Å². The zero-order chi connectivity index (χ0) is 28.6. The van der Waals surface area contributed by atoms with E-state index < -0.39 is 5.69 Å². The summed E-state index contributed by atoms with van der Waals surface area (Å²) in [6, 6.07) is 5.10. The summed E-state index contributed by atoms with van der Waals surface area (Å²) in [6.07, 6.45) is 4.80. The molecule has 2 fully saturated rings. The number of nitrogens with zero attached hydrogens (tertiary/aromatic N) is 5. The molecular weight excluding hydrogens is 549 g/mol. The lowest BCUT2D eigenvalue weighted by Gasteiger charge is -2.40. The number of hydrogen-bond acceptors (Lipinski definition) is 7. The molecule has 3 aliphatic rings. The summed E-state index contributed by atoms with van der Waals surface area (Å²) in [5.41, 5.74) is 2.55. The Morgan fingerprint density at radius 3 is 2.76 bits per heavy atom. The van der Waals surface area contributed by atoms with Crippen molar-refractivity contribution in [1.82, 2.24) is 19.6 Å². The van der Waals surface area contributed by atoms with Crippen LogP contribution in [0.25, 0.3) is 27.8 Å². The summed E-state index contributed by atoms with van der Waals surface area (Å²) < 4.78 is 28.7. The van der Waals surface area contributed by atoms with Crippen LogP contribution >= 0.6 is 11.6 Å². The smallest absolute Gasteiger partial charge is 0.356 e. The minimum absolute atomic E-state index is 0.105. The molecule has 0 bridgehead atoms. The molecule has 210 valence electrons. The molecule has 2 aromatic heterocycles. The van der Waals surface area contributed by atoms with Gasteiger partial charge in [-0.25, -0.2) is 13.8 Å². The number of amides is 1. The van der Waals surface area contributed by atoms with E-state index in [0.717, 1.165) is 18.4 Å². The van der Waals surface area contributed by atoms with E-state index in [4.69, 9.17) is 20.9 Å². The highest BCUT2D eigenvalue weighted by Crippen LogP contribution is 2.50. The molecule has 7 rings (SSSR count). The second-order valence-corrected chi connectivity index (χ2v) is 11.3. The summed E-state index contributed by atoms with van der Waals surface area (Å²) in [7, 11) is 0. The largest absolute Gasteiger partial charge is 0.486 e. The first-order valence-corrected chi connectivity index (χ1v) is 14.0. The molecule has 1 saturated carbocycles. The van der Waals surface area contributed by atoms with Gasteiger partial charge in [0, 0.05) is 53.3 Å². The fourth-order valence-electron chi connectivity index (χ4n) is 6.04. The molecule has 1 saturated heterocycles. The molecule has 4 aromatic rings. The quantitative estimate of drug-likeness (QED) is 0.311. The highest BCUT2D eigenvalue weighted by molar-refractivity contribution is 6.35. The molecule has 2 aromatic carbocycles. The molecule has 1 atom stereocenters. The molecule has 41 heavy (non-hydrogen) atoms. The van der Waals surface area contributed by atoms with E-state index in [1.54, 1.807) is 30.2 Å². The first-order chi connectivity index (χ1) is 19.8. The molecular formula is C30H27ClFN5O4. The highest BCUT2D eigenvalue weighted by atomic mass is 35.5. The van der Waals surface area contributed by atoms with Crippen LogP contribution in [0.5, 0.6) is 5.75 Å². The molecule has 11 heteroatoms. The van der Waals surface area contributed by atoms with Gasteiger partial charge in [0.1, 0.15) is 30.0 Å². The van der Waals surface area contributed by atoms with Crippen molar-refractivity contribution in [2.24, 2.45) is 0 Å². The minimum atomic E-state index is -0.566. The van der Waals surface area contributed by atoms with Gasteiger partial charge in [0.15, 0.2) is 11.6 Å². The summed E-state index contributed by atoms with van der Waals surface area (Å²) >= 11 is 6.93. The lowest BCUT2D eigenvalue weighted by Crippen LogP contribution is -2.54. The third kappa shape index (κ3) is 3.95. The Morgan fingerprint density at radius 2 is 2.02 bits per heavy atom. The molecule has 4 heterocycles. The monoisotopic (exact) mass is 575 g/mol. The summed E-state index contributed by atoms with van der Waals surface area (Å²) in [4.78, 5) is 34.5. The number of anilines is 1. The average molecular weight is 576 g/mol. The van der Waals surface area contributed by atoms with Gasteiger partial charge in [-0.3, -0.25) is 4.79 Å². The van der Waals surface area contributed by atoms with Gasteiger partial charge in [-0.2, -0.15) is 4.98 Å². The van der Waals surface area contributed by atoms with Crippen LogP contribution in [0.15, 0.2) is 46.4 Å². The van der Waals surface area contributed by atoms with Gasteiger partial charge in [0.2, 0.25) is 5.91 Å². The van der Waals surface area contributed by atoms with Crippen molar-refractivity contribution in [3.05, 3.63) is 75.1 Å². The van der Waals surface area contributed by atoms with Crippen LogP contribution in [0.1, 0.15) is 42.4 Å². The maximum absolute atomic E-state index is 15.7. The van der Waals surface area contributed by atoms with Gasteiger partial charge in [0.05, 0.1) is 5.02 Å². The molecule has 0 N–H and O–H groups in total. The van der Waals surface area contributed by atoms with Crippen LogP contribution in [-0.2, 0) is 11.4 Å². The van der Waals surface area contributed by atoms with Crippen LogP contribution in [0, 0.1) is 12.7 Å². The topological polar surface area (TPSA) is 93.7 Å². The van der Waals surface area contributed by atoms with Crippen LogP contribution in [0.4, 0.5) is 10.2 Å². The third-order valence-corrected chi connectivity index (χ3v) is 8.60. The van der Waals surface area contributed by atoms with E-state index in [0.29, 0.717) is 70.2 Å². The van der Waals surface area contributed by atoms with E-state index >= 15 is 4.39 Å². The van der Waals surface area contributed by atoms with E-state index in [-0.39, 0.29) is 35.3 Å². The number of carbonyl (C=O) groups excluding carboxylic acids is 1. The Bertz CT molecular complexity index is 1830. The van der Waals surface area contributed by atoms with Crippen molar-refractivity contribution in [1.29, 1.82) is 0 Å². The highest BCUT2D eigenvalue weighted by Gasteiger charge is 2.36. The number of rotatable bonds is 4. The predicted octanol–water partition coefficient (Wildman–Crippen LogP) is 5.13. The van der Waals surface area contributed by atoms with Crippen molar-refractivity contribution in [3.63, 3.8) is 0 Å². The van der Waals surface area contributed by atoms with E-state index in [2.05, 4.69) is 16.7 Å². The number of ether oxygens (including phenoxy) is 1. The van der Waals surface area contributed by atoms with Crippen molar-refractivity contribution < 1.29 is 18.4 Å². The fourth-order valence-corrected chi connectivity index (χ4v) is 6.33. The van der Waals surface area contributed by atoms with Crippen LogP contribution in [0.2, 0.25) is 5.02 Å². The lowest BCUT2D eigenvalue weighted by molar-refractivity contribution is -0.126. The second kappa shape index (κ2) is 9.44. The first-order valence-electron chi connectivity index (χ1n) is 13.6. The van der Waals surface area contributed by atoms with E-state index in [1.807, 2.05) is 17.9 Å². The molecule has 1 aliphatic carbocycles. The number of halogens is 2. The van der Waals surface area contributed by atoms with Gasteiger partial charge >= 0.3 is 5.69 Å². The number of aromatic nitrogens is 3. The van der Waals surface area contributed by atoms with E-state index in [1.165, 1.54) is 10.6 Å². The number of benzene rings is 2. The normalized spacial score (nSPS) is 18.2. The van der Waals surface area contributed by atoms with Gasteiger partial charge in [-0.1, -0.05) is 35.5 Å². The number of hydrogen-bond donors (Lipinski definition) is 0. The van der Waals surface area contributed by atoms with Gasteiger partial charge in [0.25, 0.3) is 0 Å². The zero-order valence-corrected chi connectivity index (χ0v) is 23.4. The van der Waals surface area contributed by atoms with Crippen molar-refractivity contribution >= 4 is 34.2 Å². The Balaban J connectivity index is 1.52. The summed E-state index contributed by atoms with van der Waals surface area (Å²) in [5, 5.41) is 5.06. The Morgan fingerprint density at radius 1 is 1.22 bits per heavy atom. The predicted molar refractivity (Wildman–Crippen MR) is 152 cm³/mol. The Kier molecular flexibility index (Phi) is 5.93.